The summed E-state index contributed by atoms with van der Waals surface area (Å²) >= 11 is 0. The molecule has 82 heavy (non-hydrogen) atoms. The summed E-state index contributed by atoms with van der Waals surface area (Å²) in [5.74, 6) is 0. The minimum atomic E-state index is -0.168. The fourth-order valence-corrected chi connectivity index (χ4v) is 13.3. The Hall–Kier alpha value is -9.12. The third-order valence-electron chi connectivity index (χ3n) is 17.3. The normalized spacial score (nSPS) is 13.1. The summed E-state index contributed by atoms with van der Waals surface area (Å²) in [4.78, 5) is 5.20. The number of benzene rings is 11. The molecule has 0 radical (unpaired) electrons. The SMILES string of the molecule is CC(C)(C)c1ccc(-c2ccc3c(c2)B2c4cc(-c5ccccc5C(C)(C)C)ccc4N(c4ccccc4-c4ccccc4)c4cc(-c5ccc6oc7ccccc7c6c5)cc(c42)N3c2ccccc2-c2ccccc2)c(C(C)(C)C)c1. The molecule has 0 unspecified atom stereocenters. The number of fused-ring (bicyclic) bond motifs is 7. The van der Waals surface area contributed by atoms with Crippen LogP contribution in [0.25, 0.3) is 77.6 Å². The van der Waals surface area contributed by atoms with Crippen molar-refractivity contribution in [2.24, 2.45) is 0 Å². The molecule has 3 heterocycles. The van der Waals surface area contributed by atoms with E-state index in [0.717, 1.165) is 67.2 Å². The lowest BCUT2D eigenvalue weighted by atomic mass is 9.33. The zero-order chi connectivity index (χ0) is 56.2. The van der Waals surface area contributed by atoms with Crippen molar-refractivity contribution in [3.05, 3.63) is 259 Å². The predicted molar refractivity (Wildman–Crippen MR) is 351 cm³/mol. The molecule has 0 spiro atoms. The van der Waals surface area contributed by atoms with Crippen LogP contribution in [0, 0.1) is 0 Å². The Morgan fingerprint density at radius 2 is 0.768 bits per heavy atom. The zero-order valence-corrected chi connectivity index (χ0v) is 48.5. The molecule has 4 heteroatoms. The monoisotopic (exact) mass is 1060 g/mol. The van der Waals surface area contributed by atoms with Crippen LogP contribution in [0.3, 0.4) is 0 Å². The highest BCUT2D eigenvalue weighted by atomic mass is 16.3. The first kappa shape index (κ1) is 51.1. The number of hydrogen-bond donors (Lipinski definition) is 0. The van der Waals surface area contributed by atoms with E-state index in [2.05, 4.69) is 315 Å². The molecule has 1 aromatic heterocycles. The number of hydrogen-bond acceptors (Lipinski definition) is 3. The molecule has 11 aromatic carbocycles. The topological polar surface area (TPSA) is 19.6 Å². The van der Waals surface area contributed by atoms with Crippen LogP contribution in [0.5, 0.6) is 0 Å². The van der Waals surface area contributed by atoms with Gasteiger partial charge in [0.1, 0.15) is 11.2 Å². The maximum Gasteiger partial charge on any atom is 0.252 e. The highest BCUT2D eigenvalue weighted by molar-refractivity contribution is 7.00. The van der Waals surface area contributed by atoms with E-state index in [0.29, 0.717) is 0 Å². The summed E-state index contributed by atoms with van der Waals surface area (Å²) in [7, 11) is 0. The van der Waals surface area contributed by atoms with E-state index in [-0.39, 0.29) is 23.0 Å². The molecule has 398 valence electrons. The highest BCUT2D eigenvalue weighted by Gasteiger charge is 2.45. The number of rotatable bonds is 7. The Balaban J connectivity index is 1.13. The molecule has 0 saturated carbocycles. The third kappa shape index (κ3) is 8.58. The molecular formula is C78H67BN2O. The molecular weight excluding hydrogens is 992 g/mol. The lowest BCUT2D eigenvalue weighted by Gasteiger charge is -2.45. The van der Waals surface area contributed by atoms with Crippen LogP contribution in [0.2, 0.25) is 0 Å². The molecule has 3 nitrogen and oxygen atoms in total. The highest BCUT2D eigenvalue weighted by Crippen LogP contribution is 2.51. The van der Waals surface area contributed by atoms with Gasteiger partial charge < -0.3 is 14.2 Å². The van der Waals surface area contributed by atoms with Crippen molar-refractivity contribution < 1.29 is 4.42 Å². The summed E-state index contributed by atoms with van der Waals surface area (Å²) < 4.78 is 6.48. The Morgan fingerprint density at radius 3 is 1.33 bits per heavy atom. The van der Waals surface area contributed by atoms with Gasteiger partial charge in [0, 0.05) is 44.6 Å². The van der Waals surface area contributed by atoms with Gasteiger partial charge in [-0.2, -0.15) is 0 Å². The van der Waals surface area contributed by atoms with Crippen LogP contribution in [0.15, 0.2) is 247 Å². The second-order valence-electron chi connectivity index (χ2n) is 25.7. The first-order chi connectivity index (χ1) is 39.6. The molecule has 0 fully saturated rings. The second kappa shape index (κ2) is 19.3. The van der Waals surface area contributed by atoms with E-state index < -0.39 is 0 Å². The van der Waals surface area contributed by atoms with E-state index in [1.165, 1.54) is 77.6 Å². The lowest BCUT2D eigenvalue weighted by Crippen LogP contribution is -2.61. The first-order valence-electron chi connectivity index (χ1n) is 29.1. The van der Waals surface area contributed by atoms with Crippen molar-refractivity contribution in [1.82, 2.24) is 0 Å². The van der Waals surface area contributed by atoms with Gasteiger partial charge >= 0.3 is 0 Å². The minimum absolute atomic E-state index is 0.00180. The lowest BCUT2D eigenvalue weighted by molar-refractivity contribution is 0.570. The molecule has 0 saturated heterocycles. The Kier molecular flexibility index (Phi) is 12.0. The van der Waals surface area contributed by atoms with E-state index >= 15 is 0 Å². The second-order valence-corrected chi connectivity index (χ2v) is 25.7. The number of furan rings is 1. The van der Waals surface area contributed by atoms with E-state index in [4.69, 9.17) is 4.42 Å². The molecule has 2 aliphatic heterocycles. The van der Waals surface area contributed by atoms with E-state index in [9.17, 15) is 0 Å². The quantitative estimate of drug-likeness (QED) is 0.148. The van der Waals surface area contributed by atoms with Crippen molar-refractivity contribution in [2.75, 3.05) is 9.80 Å². The molecule has 0 N–H and O–H groups in total. The standard InChI is InChI=1S/C78H67BN2O/c1-76(2,3)56-39-40-58(64(49-56)78(7,8)9)54-37-42-70-66(46-54)79-65-45-53(57-28-16-20-32-63(57)77(4,5)6)36-41-69(65)80(67-33-21-17-29-59(67)50-24-12-10-13-25-50)71-47-55(52-38-43-74-62(44-52)61-31-19-23-35-73(61)82-74)48-72(75(71)79)81(70)68-34-22-18-30-60(68)51-26-14-11-15-27-51/h10-49H,1-9H3. The summed E-state index contributed by atoms with van der Waals surface area (Å²) in [5.41, 5.74) is 28.1. The van der Waals surface area contributed by atoms with Crippen LogP contribution in [0.4, 0.5) is 34.1 Å². The molecule has 0 atom stereocenters. The van der Waals surface area contributed by atoms with E-state index in [1.54, 1.807) is 0 Å². The van der Waals surface area contributed by atoms with Crippen LogP contribution in [-0.4, -0.2) is 6.71 Å². The van der Waals surface area contributed by atoms with Gasteiger partial charge in [0.05, 0.1) is 11.4 Å². The number of anilines is 6. The molecule has 0 amide bonds. The van der Waals surface area contributed by atoms with Crippen LogP contribution >= 0.6 is 0 Å². The average Bonchev–Trinajstić information content (AvgIpc) is 1.32. The average molecular weight is 1060 g/mol. The minimum Gasteiger partial charge on any atom is -0.456 e. The molecule has 2 aliphatic rings. The summed E-state index contributed by atoms with van der Waals surface area (Å²) in [6, 6.07) is 91.0. The van der Waals surface area contributed by atoms with Crippen molar-refractivity contribution in [1.29, 1.82) is 0 Å². The zero-order valence-electron chi connectivity index (χ0n) is 48.5. The maximum atomic E-state index is 6.48. The van der Waals surface area contributed by atoms with Crippen molar-refractivity contribution in [2.45, 2.75) is 78.6 Å². The van der Waals surface area contributed by atoms with Gasteiger partial charge in [0.2, 0.25) is 0 Å². The van der Waals surface area contributed by atoms with Gasteiger partial charge in [-0.25, -0.2) is 0 Å². The maximum absolute atomic E-state index is 6.48. The largest absolute Gasteiger partial charge is 0.456 e. The summed E-state index contributed by atoms with van der Waals surface area (Å²) in [6.45, 7) is 20.9. The van der Waals surface area contributed by atoms with Gasteiger partial charge in [0.25, 0.3) is 6.71 Å². The molecule has 12 aromatic rings. The molecule has 0 bridgehead atoms. The van der Waals surface area contributed by atoms with Gasteiger partial charge in [-0.05, 0) is 148 Å². The van der Waals surface area contributed by atoms with Crippen molar-refractivity contribution >= 4 is 79.2 Å². The van der Waals surface area contributed by atoms with Gasteiger partial charge in [-0.1, -0.05) is 250 Å². The molecule has 0 aliphatic carbocycles. The smallest absolute Gasteiger partial charge is 0.252 e. The Morgan fingerprint density at radius 1 is 0.293 bits per heavy atom. The molecule has 14 rings (SSSR count). The van der Waals surface area contributed by atoms with Crippen LogP contribution in [-0.2, 0) is 16.2 Å². The third-order valence-corrected chi connectivity index (χ3v) is 17.3. The van der Waals surface area contributed by atoms with Crippen LogP contribution < -0.4 is 26.2 Å². The predicted octanol–water partition coefficient (Wildman–Crippen LogP) is 19.9. The first-order valence-corrected chi connectivity index (χ1v) is 29.1. The van der Waals surface area contributed by atoms with Gasteiger partial charge in [-0.3, -0.25) is 0 Å². The summed E-state index contributed by atoms with van der Waals surface area (Å²) in [5, 5.41) is 2.21. The van der Waals surface area contributed by atoms with Crippen LogP contribution in [0.1, 0.15) is 79.0 Å². The fourth-order valence-electron chi connectivity index (χ4n) is 13.3. The van der Waals surface area contributed by atoms with Crippen molar-refractivity contribution in [3.8, 4) is 55.6 Å². The number of nitrogens with zero attached hydrogens (tertiary/aromatic N) is 2. The Bertz CT molecular complexity index is 4450. The van der Waals surface area contributed by atoms with Gasteiger partial charge in [-0.15, -0.1) is 0 Å². The Labute approximate surface area is 484 Å². The summed E-state index contributed by atoms with van der Waals surface area (Å²) in [6.07, 6.45) is 0. The van der Waals surface area contributed by atoms with E-state index in [1.807, 2.05) is 0 Å². The van der Waals surface area contributed by atoms with Gasteiger partial charge in [0.15, 0.2) is 0 Å². The fraction of sp³-hybridized carbons (Fsp3) is 0.154. The number of para-hydroxylation sites is 3. The van der Waals surface area contributed by atoms with Crippen molar-refractivity contribution in [3.63, 3.8) is 0 Å².